The maximum atomic E-state index is 12.0. The highest BCUT2D eigenvalue weighted by atomic mass is 35.5. The molecule has 6 heteroatoms. The Labute approximate surface area is 126 Å². The molecule has 2 aromatic rings. The van der Waals surface area contributed by atoms with Crippen molar-refractivity contribution >= 4 is 34.8 Å². The van der Waals surface area contributed by atoms with Gasteiger partial charge in [-0.15, -0.1) is 0 Å². The Kier molecular flexibility index (Phi) is 4.47. The molecule has 20 heavy (non-hydrogen) atoms. The molecule has 3 N–H and O–H groups in total. The van der Waals surface area contributed by atoms with Crippen LogP contribution in [0.25, 0.3) is 0 Å². The molecule has 1 aromatic heterocycles. The van der Waals surface area contributed by atoms with Crippen LogP contribution in [0.5, 0.6) is 0 Å². The van der Waals surface area contributed by atoms with Crippen LogP contribution in [0.15, 0.2) is 36.5 Å². The summed E-state index contributed by atoms with van der Waals surface area (Å²) in [4.78, 5) is 16.0. The highest BCUT2D eigenvalue weighted by Gasteiger charge is 2.13. The Morgan fingerprint density at radius 3 is 2.60 bits per heavy atom. The maximum Gasteiger partial charge on any atom is 0.270 e. The molecule has 1 aromatic carbocycles. The van der Waals surface area contributed by atoms with Gasteiger partial charge < -0.3 is 11.1 Å². The average Bonchev–Trinajstić information content (AvgIpc) is 2.42. The van der Waals surface area contributed by atoms with E-state index in [1.807, 2.05) is 13.0 Å². The number of amides is 1. The van der Waals surface area contributed by atoms with Crippen molar-refractivity contribution in [3.05, 3.63) is 57.8 Å². The van der Waals surface area contributed by atoms with Gasteiger partial charge in [-0.25, -0.2) is 4.98 Å². The number of carbonyl (C=O) groups is 1. The third-order valence-electron chi connectivity index (χ3n) is 2.81. The number of halogens is 2. The monoisotopic (exact) mass is 309 g/mol. The number of hydrogen-bond acceptors (Lipinski definition) is 3. The van der Waals surface area contributed by atoms with Gasteiger partial charge in [-0.2, -0.15) is 0 Å². The van der Waals surface area contributed by atoms with Crippen molar-refractivity contribution in [3.63, 3.8) is 0 Å². The van der Waals surface area contributed by atoms with E-state index in [2.05, 4.69) is 10.3 Å². The smallest absolute Gasteiger partial charge is 0.270 e. The van der Waals surface area contributed by atoms with Crippen molar-refractivity contribution < 1.29 is 4.79 Å². The van der Waals surface area contributed by atoms with Gasteiger partial charge in [0.05, 0.1) is 28.0 Å². The fraction of sp³-hybridized carbons (Fsp3) is 0.143. The second kappa shape index (κ2) is 6.11. The van der Waals surface area contributed by atoms with Crippen LogP contribution in [0.3, 0.4) is 0 Å². The number of hydrogen-bond donors (Lipinski definition) is 2. The standard InChI is InChI=1S/C14H13Cl2N3O/c1-8(9-2-4-11(15)12(16)6-9)19-14(20)13-5-3-10(17)7-18-13/h2-8H,17H2,1H3,(H,19,20). The van der Waals surface area contributed by atoms with E-state index in [1.54, 1.807) is 24.3 Å². The first-order valence-electron chi connectivity index (χ1n) is 5.94. The molecule has 0 saturated carbocycles. The highest BCUT2D eigenvalue weighted by molar-refractivity contribution is 6.42. The summed E-state index contributed by atoms with van der Waals surface area (Å²) < 4.78 is 0. The van der Waals surface area contributed by atoms with Gasteiger partial charge in [-0.3, -0.25) is 4.79 Å². The van der Waals surface area contributed by atoms with E-state index in [9.17, 15) is 4.79 Å². The van der Waals surface area contributed by atoms with Gasteiger partial charge in [0.1, 0.15) is 5.69 Å². The van der Waals surface area contributed by atoms with E-state index in [4.69, 9.17) is 28.9 Å². The lowest BCUT2D eigenvalue weighted by Crippen LogP contribution is -2.27. The van der Waals surface area contributed by atoms with Crippen LogP contribution in [0, 0.1) is 0 Å². The van der Waals surface area contributed by atoms with Crippen molar-refractivity contribution in [1.82, 2.24) is 10.3 Å². The highest BCUT2D eigenvalue weighted by Crippen LogP contribution is 2.25. The summed E-state index contributed by atoms with van der Waals surface area (Å²) in [6.45, 7) is 1.86. The van der Waals surface area contributed by atoms with Crippen LogP contribution in [0.2, 0.25) is 10.0 Å². The van der Waals surface area contributed by atoms with E-state index in [0.717, 1.165) is 5.56 Å². The molecule has 0 fully saturated rings. The number of nitrogens with one attached hydrogen (secondary N) is 1. The van der Waals surface area contributed by atoms with Gasteiger partial charge in [0.15, 0.2) is 0 Å². The van der Waals surface area contributed by atoms with Crippen molar-refractivity contribution in [3.8, 4) is 0 Å². The fourth-order valence-corrected chi connectivity index (χ4v) is 1.98. The molecule has 4 nitrogen and oxygen atoms in total. The maximum absolute atomic E-state index is 12.0. The van der Waals surface area contributed by atoms with Crippen molar-refractivity contribution in [2.24, 2.45) is 0 Å². The van der Waals surface area contributed by atoms with E-state index >= 15 is 0 Å². The van der Waals surface area contributed by atoms with Crippen LogP contribution in [0.4, 0.5) is 5.69 Å². The summed E-state index contributed by atoms with van der Waals surface area (Å²) in [5, 5.41) is 3.77. The van der Waals surface area contributed by atoms with Gasteiger partial charge in [0.2, 0.25) is 0 Å². The number of nitrogen functional groups attached to an aromatic ring is 1. The largest absolute Gasteiger partial charge is 0.397 e. The van der Waals surface area contributed by atoms with Crippen molar-refractivity contribution in [2.75, 3.05) is 5.73 Å². The number of rotatable bonds is 3. The van der Waals surface area contributed by atoms with Crippen LogP contribution >= 0.6 is 23.2 Å². The quantitative estimate of drug-likeness (QED) is 0.912. The summed E-state index contributed by atoms with van der Waals surface area (Å²) in [5.74, 6) is -0.274. The molecule has 0 bridgehead atoms. The molecule has 2 rings (SSSR count). The zero-order valence-corrected chi connectivity index (χ0v) is 12.2. The van der Waals surface area contributed by atoms with Crippen LogP contribution in [-0.2, 0) is 0 Å². The van der Waals surface area contributed by atoms with Gasteiger partial charge in [0.25, 0.3) is 5.91 Å². The van der Waals surface area contributed by atoms with Crippen LogP contribution < -0.4 is 11.1 Å². The topological polar surface area (TPSA) is 68.0 Å². The SMILES string of the molecule is CC(NC(=O)c1ccc(N)cn1)c1ccc(Cl)c(Cl)c1. The van der Waals surface area contributed by atoms with Crippen molar-refractivity contribution in [1.29, 1.82) is 0 Å². The number of aromatic nitrogens is 1. The summed E-state index contributed by atoms with van der Waals surface area (Å²) in [6, 6.07) is 8.24. The molecule has 0 aliphatic rings. The van der Waals surface area contributed by atoms with E-state index in [0.29, 0.717) is 21.4 Å². The summed E-state index contributed by atoms with van der Waals surface area (Å²) >= 11 is 11.8. The molecule has 1 amide bonds. The molecule has 1 atom stereocenters. The zero-order chi connectivity index (χ0) is 14.7. The minimum Gasteiger partial charge on any atom is -0.397 e. The van der Waals surface area contributed by atoms with Crippen LogP contribution in [-0.4, -0.2) is 10.9 Å². The second-order valence-electron chi connectivity index (χ2n) is 4.35. The normalized spacial score (nSPS) is 11.9. The minimum atomic E-state index is -0.274. The summed E-state index contributed by atoms with van der Waals surface area (Å²) in [7, 11) is 0. The first-order chi connectivity index (χ1) is 9.47. The Balaban J connectivity index is 2.10. The molecule has 104 valence electrons. The fourth-order valence-electron chi connectivity index (χ4n) is 1.68. The first kappa shape index (κ1) is 14.6. The number of nitrogens with zero attached hydrogens (tertiary/aromatic N) is 1. The molecular formula is C14H13Cl2N3O. The molecular weight excluding hydrogens is 297 g/mol. The third-order valence-corrected chi connectivity index (χ3v) is 3.55. The van der Waals surface area contributed by atoms with Gasteiger partial charge in [-0.1, -0.05) is 29.3 Å². The lowest BCUT2D eigenvalue weighted by molar-refractivity contribution is 0.0935. The zero-order valence-electron chi connectivity index (χ0n) is 10.7. The van der Waals surface area contributed by atoms with Gasteiger partial charge in [-0.05, 0) is 36.8 Å². The number of carbonyl (C=O) groups excluding carboxylic acids is 1. The Bertz CT molecular complexity index is 629. The molecule has 0 spiro atoms. The van der Waals surface area contributed by atoms with Gasteiger partial charge >= 0.3 is 0 Å². The number of anilines is 1. The number of nitrogens with two attached hydrogens (primary N) is 1. The molecule has 0 aliphatic heterocycles. The Morgan fingerprint density at radius 2 is 2.00 bits per heavy atom. The minimum absolute atomic E-state index is 0.211. The lowest BCUT2D eigenvalue weighted by Gasteiger charge is -2.14. The molecule has 0 saturated heterocycles. The molecule has 0 radical (unpaired) electrons. The molecule has 1 heterocycles. The first-order valence-corrected chi connectivity index (χ1v) is 6.70. The predicted molar refractivity (Wildman–Crippen MR) is 81.0 cm³/mol. The number of benzene rings is 1. The van der Waals surface area contributed by atoms with Gasteiger partial charge in [0, 0.05) is 0 Å². The van der Waals surface area contributed by atoms with Crippen molar-refractivity contribution in [2.45, 2.75) is 13.0 Å². The molecule has 1 unspecified atom stereocenters. The van der Waals surface area contributed by atoms with Crippen LogP contribution in [0.1, 0.15) is 29.0 Å². The average molecular weight is 310 g/mol. The summed E-state index contributed by atoms with van der Waals surface area (Å²) in [5.41, 5.74) is 7.22. The second-order valence-corrected chi connectivity index (χ2v) is 5.16. The van der Waals surface area contributed by atoms with E-state index in [1.165, 1.54) is 6.20 Å². The molecule has 0 aliphatic carbocycles. The lowest BCUT2D eigenvalue weighted by atomic mass is 10.1. The predicted octanol–water partition coefficient (Wildman–Crippen LogP) is 3.46. The van der Waals surface area contributed by atoms with E-state index in [-0.39, 0.29) is 11.9 Å². The summed E-state index contributed by atoms with van der Waals surface area (Å²) in [6.07, 6.45) is 1.44. The Hall–Kier alpha value is -1.78. The Morgan fingerprint density at radius 1 is 1.25 bits per heavy atom. The third kappa shape index (κ3) is 3.40. The van der Waals surface area contributed by atoms with E-state index < -0.39 is 0 Å². The number of pyridine rings is 1.